The lowest BCUT2D eigenvalue weighted by molar-refractivity contribution is -0.0286. The van der Waals surface area contributed by atoms with Gasteiger partial charge in [-0.25, -0.2) is 4.79 Å². The van der Waals surface area contributed by atoms with E-state index in [-0.39, 0.29) is 18.7 Å². The maximum Gasteiger partial charge on any atom is 0.315 e. The summed E-state index contributed by atoms with van der Waals surface area (Å²) in [5.74, 6) is 2.35. The highest BCUT2D eigenvalue weighted by Crippen LogP contribution is 2.23. The van der Waals surface area contributed by atoms with Crippen LogP contribution in [0.5, 0.6) is 0 Å². The third-order valence-corrected chi connectivity index (χ3v) is 4.19. The second-order valence-corrected chi connectivity index (χ2v) is 6.06. The molecule has 0 unspecified atom stereocenters. The van der Waals surface area contributed by atoms with E-state index in [1.165, 1.54) is 0 Å². The van der Waals surface area contributed by atoms with Crippen LogP contribution in [-0.2, 0) is 11.3 Å². The van der Waals surface area contributed by atoms with Crippen molar-refractivity contribution in [2.45, 2.75) is 12.6 Å². The monoisotopic (exact) mass is 355 g/mol. The van der Waals surface area contributed by atoms with Crippen molar-refractivity contribution in [1.82, 2.24) is 15.5 Å². The lowest BCUT2D eigenvalue weighted by atomic mass is 10.2. The molecule has 1 aromatic carbocycles. The Kier molecular flexibility index (Phi) is 7.00. The largest absolute Gasteiger partial charge is 0.374 e. The molecule has 1 saturated heterocycles. The predicted octanol–water partition coefficient (Wildman–Crippen LogP) is 2.13. The minimum atomic E-state index is -0.284. The molecule has 1 aromatic rings. The van der Waals surface area contributed by atoms with E-state index in [4.69, 9.17) is 34.4 Å². The van der Waals surface area contributed by atoms with Gasteiger partial charge in [0.1, 0.15) is 0 Å². The zero-order valence-corrected chi connectivity index (χ0v) is 14.2. The van der Waals surface area contributed by atoms with Crippen LogP contribution in [0.1, 0.15) is 5.56 Å². The molecular formula is C16H19Cl2N3O2. The second-order valence-electron chi connectivity index (χ2n) is 5.24. The van der Waals surface area contributed by atoms with Crippen molar-refractivity contribution < 1.29 is 9.53 Å². The van der Waals surface area contributed by atoms with Crippen molar-refractivity contribution in [2.24, 2.45) is 0 Å². The van der Waals surface area contributed by atoms with Crippen molar-refractivity contribution >= 4 is 29.2 Å². The zero-order valence-electron chi connectivity index (χ0n) is 12.6. The van der Waals surface area contributed by atoms with Crippen LogP contribution < -0.4 is 10.6 Å². The maximum atomic E-state index is 11.5. The highest BCUT2D eigenvalue weighted by Gasteiger charge is 2.21. The number of amides is 2. The lowest BCUT2D eigenvalue weighted by Crippen LogP contribution is -2.48. The van der Waals surface area contributed by atoms with Gasteiger partial charge >= 0.3 is 6.03 Å². The number of urea groups is 1. The van der Waals surface area contributed by atoms with Crippen molar-refractivity contribution in [3.8, 4) is 12.3 Å². The molecule has 23 heavy (non-hydrogen) atoms. The molecule has 1 aliphatic heterocycles. The van der Waals surface area contributed by atoms with Gasteiger partial charge in [0.25, 0.3) is 0 Å². The fourth-order valence-corrected chi connectivity index (χ4v) is 2.66. The first-order valence-corrected chi connectivity index (χ1v) is 8.07. The van der Waals surface area contributed by atoms with E-state index in [0.717, 1.165) is 25.2 Å². The van der Waals surface area contributed by atoms with Gasteiger partial charge in [-0.2, -0.15) is 0 Å². The van der Waals surface area contributed by atoms with Gasteiger partial charge in [0.2, 0.25) is 0 Å². The fourth-order valence-electron chi connectivity index (χ4n) is 2.34. The first-order valence-electron chi connectivity index (χ1n) is 7.31. The summed E-state index contributed by atoms with van der Waals surface area (Å²) in [6.45, 7) is 3.60. The lowest BCUT2D eigenvalue weighted by Gasteiger charge is -2.33. The molecule has 1 fully saturated rings. The van der Waals surface area contributed by atoms with Gasteiger partial charge in [-0.1, -0.05) is 35.2 Å². The molecule has 1 heterocycles. The Morgan fingerprint density at radius 3 is 2.96 bits per heavy atom. The van der Waals surface area contributed by atoms with Gasteiger partial charge in [-0.3, -0.25) is 4.90 Å². The summed E-state index contributed by atoms with van der Waals surface area (Å²) in [5.41, 5.74) is 1.10. The van der Waals surface area contributed by atoms with E-state index < -0.39 is 0 Å². The van der Waals surface area contributed by atoms with E-state index >= 15 is 0 Å². The minimum absolute atomic E-state index is 0.0527. The van der Waals surface area contributed by atoms with Gasteiger partial charge in [0, 0.05) is 26.2 Å². The molecule has 5 nitrogen and oxygen atoms in total. The van der Waals surface area contributed by atoms with Crippen LogP contribution in [-0.4, -0.2) is 49.8 Å². The van der Waals surface area contributed by atoms with Crippen LogP contribution >= 0.6 is 23.2 Å². The van der Waals surface area contributed by atoms with Gasteiger partial charge in [0.15, 0.2) is 0 Å². The highest BCUT2D eigenvalue weighted by molar-refractivity contribution is 6.42. The predicted molar refractivity (Wildman–Crippen MR) is 91.7 cm³/mol. The molecule has 7 heteroatoms. The van der Waals surface area contributed by atoms with E-state index in [1.807, 2.05) is 12.1 Å². The van der Waals surface area contributed by atoms with E-state index in [9.17, 15) is 4.79 Å². The van der Waals surface area contributed by atoms with Crippen molar-refractivity contribution in [3.05, 3.63) is 33.8 Å². The Bertz CT molecular complexity index is 589. The minimum Gasteiger partial charge on any atom is -0.374 e. The normalized spacial score (nSPS) is 18.2. The quantitative estimate of drug-likeness (QED) is 0.795. The third-order valence-electron chi connectivity index (χ3n) is 3.45. The molecule has 1 atom stereocenters. The molecule has 2 rings (SSSR count). The van der Waals surface area contributed by atoms with E-state index in [2.05, 4.69) is 21.5 Å². The van der Waals surface area contributed by atoms with Crippen LogP contribution in [0.3, 0.4) is 0 Å². The molecule has 0 bridgehead atoms. The van der Waals surface area contributed by atoms with Gasteiger partial charge in [0.05, 0.1) is 29.3 Å². The number of carbonyl (C=O) groups excluding carboxylic acids is 1. The summed E-state index contributed by atoms with van der Waals surface area (Å²) in [6.07, 6.45) is 5.03. The highest BCUT2D eigenvalue weighted by atomic mass is 35.5. The smallest absolute Gasteiger partial charge is 0.315 e. The number of morpholine rings is 1. The maximum absolute atomic E-state index is 11.5. The third kappa shape index (κ3) is 5.92. The van der Waals surface area contributed by atoms with Gasteiger partial charge < -0.3 is 15.4 Å². The number of nitrogens with zero attached hydrogens (tertiary/aromatic N) is 1. The van der Waals surface area contributed by atoms with Crippen LogP contribution in [0, 0.1) is 12.3 Å². The number of benzene rings is 1. The van der Waals surface area contributed by atoms with E-state index in [0.29, 0.717) is 23.2 Å². The summed E-state index contributed by atoms with van der Waals surface area (Å²) in [4.78, 5) is 13.7. The number of rotatable bonds is 5. The van der Waals surface area contributed by atoms with Crippen molar-refractivity contribution in [1.29, 1.82) is 0 Å². The average Bonchev–Trinajstić information content (AvgIpc) is 2.55. The molecule has 2 amide bonds. The van der Waals surface area contributed by atoms with Crippen LogP contribution in [0.4, 0.5) is 4.79 Å². The molecule has 0 spiro atoms. The summed E-state index contributed by atoms with van der Waals surface area (Å²) in [7, 11) is 0. The van der Waals surface area contributed by atoms with Crippen molar-refractivity contribution in [3.63, 3.8) is 0 Å². The Hall–Kier alpha value is -1.45. The number of terminal acetylenes is 1. The summed E-state index contributed by atoms with van der Waals surface area (Å²) in [5, 5.41) is 6.41. The van der Waals surface area contributed by atoms with Crippen LogP contribution in [0.2, 0.25) is 10.0 Å². The Morgan fingerprint density at radius 1 is 1.39 bits per heavy atom. The molecule has 1 aliphatic rings. The molecule has 0 aromatic heterocycles. The van der Waals surface area contributed by atoms with Gasteiger partial charge in [-0.05, 0) is 17.7 Å². The molecule has 2 N–H and O–H groups in total. The van der Waals surface area contributed by atoms with Crippen molar-refractivity contribution in [2.75, 3.05) is 32.8 Å². The Balaban J connectivity index is 1.80. The molecular weight excluding hydrogens is 337 g/mol. The number of ether oxygens (including phenoxy) is 1. The Morgan fingerprint density at radius 2 is 2.22 bits per heavy atom. The summed E-state index contributed by atoms with van der Waals surface area (Å²) < 4.78 is 5.67. The van der Waals surface area contributed by atoms with E-state index in [1.54, 1.807) is 6.07 Å². The average molecular weight is 356 g/mol. The molecule has 0 saturated carbocycles. The molecule has 0 radical (unpaired) electrons. The van der Waals surface area contributed by atoms with Crippen LogP contribution in [0.25, 0.3) is 0 Å². The SMILES string of the molecule is C#CCNC(=O)NC[C@H]1CN(Cc2ccc(Cl)c(Cl)c2)CCO1. The summed E-state index contributed by atoms with van der Waals surface area (Å²) in [6, 6.07) is 5.35. The summed E-state index contributed by atoms with van der Waals surface area (Å²) >= 11 is 12.0. The fraction of sp³-hybridized carbons (Fsp3) is 0.438. The number of hydrogen-bond donors (Lipinski definition) is 2. The van der Waals surface area contributed by atoms with Gasteiger partial charge in [-0.15, -0.1) is 6.42 Å². The Labute approximate surface area is 146 Å². The standard InChI is InChI=1S/C16H19Cl2N3O2/c1-2-5-19-16(22)20-9-13-11-21(6-7-23-13)10-12-3-4-14(17)15(18)8-12/h1,3-4,8,13H,5-7,9-11H2,(H2,19,20,22)/t13-/m0/s1. The number of nitrogens with one attached hydrogen (secondary N) is 2. The first-order chi connectivity index (χ1) is 11.1. The van der Waals surface area contributed by atoms with Crippen LogP contribution in [0.15, 0.2) is 18.2 Å². The first kappa shape index (κ1) is 17.9. The molecule has 124 valence electrons. The number of halogens is 2. The topological polar surface area (TPSA) is 53.6 Å². The number of hydrogen-bond acceptors (Lipinski definition) is 3. The zero-order chi connectivity index (χ0) is 16.7. The second kappa shape index (κ2) is 8.99. The number of carbonyl (C=O) groups is 1. The molecule has 0 aliphatic carbocycles.